The summed E-state index contributed by atoms with van der Waals surface area (Å²) in [6.07, 6.45) is 0. The molecule has 1 aromatic heterocycles. The van der Waals surface area contributed by atoms with Crippen molar-refractivity contribution in [2.45, 2.75) is 26.4 Å². The molecule has 0 aliphatic rings. The van der Waals surface area contributed by atoms with Crippen molar-refractivity contribution in [3.8, 4) is 0 Å². The van der Waals surface area contributed by atoms with Crippen LogP contribution in [0.25, 0.3) is 11.0 Å². The van der Waals surface area contributed by atoms with Crippen molar-refractivity contribution in [2.24, 2.45) is 0 Å². The Hall–Kier alpha value is -2.11. The van der Waals surface area contributed by atoms with Crippen molar-refractivity contribution in [2.75, 3.05) is 11.9 Å². The van der Waals surface area contributed by atoms with Crippen LogP contribution in [0.4, 0.5) is 10.3 Å². The number of carbonyl (C=O) groups is 1. The highest BCUT2D eigenvalue weighted by Gasteiger charge is 2.18. The van der Waals surface area contributed by atoms with Crippen LogP contribution in [0.3, 0.4) is 0 Å². The van der Waals surface area contributed by atoms with E-state index >= 15 is 0 Å². The molecule has 0 radical (unpaired) electrons. The van der Waals surface area contributed by atoms with Crippen LogP contribution in [-0.4, -0.2) is 33.7 Å². The largest absolute Gasteiger partial charge is 0.480 e. The normalized spacial score (nSPS) is 11.2. The van der Waals surface area contributed by atoms with E-state index in [1.165, 1.54) is 16.7 Å². The number of hydrogen-bond donors (Lipinski definition) is 1. The molecule has 0 aliphatic carbocycles. The third-order valence-corrected chi connectivity index (χ3v) is 3.07. The Labute approximate surface area is 110 Å². The van der Waals surface area contributed by atoms with Crippen LogP contribution < -0.4 is 4.90 Å². The predicted molar refractivity (Wildman–Crippen MR) is 70.9 cm³/mol. The number of anilines is 1. The molecule has 102 valence electrons. The zero-order valence-corrected chi connectivity index (χ0v) is 11.1. The van der Waals surface area contributed by atoms with Gasteiger partial charge in [0.25, 0.3) is 0 Å². The Balaban J connectivity index is 2.64. The van der Waals surface area contributed by atoms with Gasteiger partial charge in [-0.25, -0.2) is 9.37 Å². The minimum absolute atomic E-state index is 0.161. The molecule has 0 aliphatic heterocycles. The van der Waals surface area contributed by atoms with E-state index in [0.29, 0.717) is 17.0 Å². The Bertz CT molecular complexity index is 622. The molecule has 2 aromatic rings. The molecular weight excluding hydrogens is 249 g/mol. The number of aliphatic carboxylic acids is 1. The maximum absolute atomic E-state index is 13.3. The van der Waals surface area contributed by atoms with Gasteiger partial charge in [0.2, 0.25) is 5.95 Å². The second kappa shape index (κ2) is 4.87. The van der Waals surface area contributed by atoms with Crippen LogP contribution in [-0.2, 0) is 11.3 Å². The number of hydrogen-bond acceptors (Lipinski definition) is 3. The molecule has 0 atom stereocenters. The van der Waals surface area contributed by atoms with Crippen molar-refractivity contribution in [3.05, 3.63) is 24.0 Å². The standard InChI is InChI=1S/C13H16FN3O2/c1-8(2)16(3)13-15-10-5-4-9(14)6-11(10)17(13)7-12(18)19/h4-6,8H,7H2,1-3H3,(H,18,19). The summed E-state index contributed by atoms with van der Waals surface area (Å²) in [5.74, 6) is -0.863. The van der Waals surface area contributed by atoms with E-state index in [0.717, 1.165) is 0 Å². The molecule has 0 spiro atoms. The second-order valence-electron chi connectivity index (χ2n) is 4.73. The summed E-state index contributed by atoms with van der Waals surface area (Å²) in [5.41, 5.74) is 1.08. The molecule has 0 fully saturated rings. The lowest BCUT2D eigenvalue weighted by molar-refractivity contribution is -0.137. The first-order valence-electron chi connectivity index (χ1n) is 6.00. The average Bonchev–Trinajstić information content (AvgIpc) is 2.66. The van der Waals surface area contributed by atoms with Crippen molar-refractivity contribution in [3.63, 3.8) is 0 Å². The molecule has 5 nitrogen and oxygen atoms in total. The number of imidazole rings is 1. The van der Waals surface area contributed by atoms with Gasteiger partial charge in [-0.15, -0.1) is 0 Å². The number of carboxylic acids is 1. The summed E-state index contributed by atoms with van der Waals surface area (Å²) < 4.78 is 14.8. The van der Waals surface area contributed by atoms with E-state index in [4.69, 9.17) is 5.11 Å². The molecule has 0 unspecified atom stereocenters. The first kappa shape index (κ1) is 13.3. The van der Waals surface area contributed by atoms with E-state index in [1.807, 2.05) is 25.8 Å². The molecule has 0 saturated carbocycles. The number of halogens is 1. The minimum atomic E-state index is -0.984. The highest BCUT2D eigenvalue weighted by molar-refractivity contribution is 5.81. The summed E-state index contributed by atoms with van der Waals surface area (Å²) in [6.45, 7) is 3.71. The van der Waals surface area contributed by atoms with Crippen LogP contribution in [0.1, 0.15) is 13.8 Å². The highest BCUT2D eigenvalue weighted by atomic mass is 19.1. The summed E-state index contributed by atoms with van der Waals surface area (Å²) >= 11 is 0. The van der Waals surface area contributed by atoms with Gasteiger partial charge in [0.1, 0.15) is 12.4 Å². The van der Waals surface area contributed by atoms with Crippen LogP contribution in [0, 0.1) is 5.82 Å². The van der Waals surface area contributed by atoms with Gasteiger partial charge in [0.15, 0.2) is 0 Å². The van der Waals surface area contributed by atoms with Crippen molar-refractivity contribution in [1.29, 1.82) is 0 Å². The van der Waals surface area contributed by atoms with E-state index in [9.17, 15) is 9.18 Å². The summed E-state index contributed by atoms with van der Waals surface area (Å²) in [4.78, 5) is 17.2. The summed E-state index contributed by atoms with van der Waals surface area (Å²) in [5, 5.41) is 9.00. The third-order valence-electron chi connectivity index (χ3n) is 3.07. The van der Waals surface area contributed by atoms with Crippen molar-refractivity contribution >= 4 is 23.0 Å². The number of aromatic nitrogens is 2. The Morgan fingerprint density at radius 2 is 2.21 bits per heavy atom. The first-order valence-corrected chi connectivity index (χ1v) is 6.00. The Kier molecular flexibility index (Phi) is 3.42. The molecule has 6 heteroatoms. The Morgan fingerprint density at radius 3 is 2.79 bits per heavy atom. The molecule has 0 saturated heterocycles. The summed E-state index contributed by atoms with van der Waals surface area (Å²) in [6, 6.07) is 4.35. The van der Waals surface area contributed by atoms with Gasteiger partial charge < -0.3 is 10.0 Å². The average molecular weight is 265 g/mol. The van der Waals surface area contributed by atoms with E-state index in [1.54, 1.807) is 6.07 Å². The zero-order valence-electron chi connectivity index (χ0n) is 11.1. The molecule has 1 N–H and O–H groups in total. The second-order valence-corrected chi connectivity index (χ2v) is 4.73. The number of rotatable bonds is 4. The smallest absolute Gasteiger partial charge is 0.323 e. The maximum Gasteiger partial charge on any atom is 0.323 e. The van der Waals surface area contributed by atoms with E-state index < -0.39 is 11.8 Å². The predicted octanol–water partition coefficient (Wildman–Crippen LogP) is 2.10. The minimum Gasteiger partial charge on any atom is -0.480 e. The molecule has 0 bridgehead atoms. The fraction of sp³-hybridized carbons (Fsp3) is 0.385. The van der Waals surface area contributed by atoms with E-state index in [-0.39, 0.29) is 12.6 Å². The molecule has 1 aromatic carbocycles. The lowest BCUT2D eigenvalue weighted by Crippen LogP contribution is -2.29. The van der Waals surface area contributed by atoms with Gasteiger partial charge in [-0.2, -0.15) is 0 Å². The topological polar surface area (TPSA) is 58.4 Å². The quantitative estimate of drug-likeness (QED) is 0.919. The fourth-order valence-corrected chi connectivity index (χ4v) is 1.87. The number of nitrogens with zero attached hydrogens (tertiary/aromatic N) is 3. The number of fused-ring (bicyclic) bond motifs is 1. The fourth-order valence-electron chi connectivity index (χ4n) is 1.87. The third kappa shape index (κ3) is 2.52. The number of carboxylic acid groups (broad SMARTS) is 1. The lowest BCUT2D eigenvalue weighted by atomic mass is 10.3. The van der Waals surface area contributed by atoms with Gasteiger partial charge in [0, 0.05) is 13.1 Å². The van der Waals surface area contributed by atoms with Gasteiger partial charge in [-0.05, 0) is 32.0 Å². The van der Waals surface area contributed by atoms with Gasteiger partial charge in [0.05, 0.1) is 11.0 Å². The van der Waals surface area contributed by atoms with Crippen LogP contribution in [0.5, 0.6) is 0 Å². The lowest BCUT2D eigenvalue weighted by Gasteiger charge is -2.23. The summed E-state index contributed by atoms with van der Waals surface area (Å²) in [7, 11) is 1.83. The molecule has 0 amide bonds. The van der Waals surface area contributed by atoms with Gasteiger partial charge in [-0.1, -0.05) is 0 Å². The van der Waals surface area contributed by atoms with E-state index in [2.05, 4.69) is 4.98 Å². The highest BCUT2D eigenvalue weighted by Crippen LogP contribution is 2.23. The van der Waals surface area contributed by atoms with Gasteiger partial charge >= 0.3 is 5.97 Å². The molecule has 1 heterocycles. The first-order chi connectivity index (χ1) is 8.90. The molecule has 2 rings (SSSR count). The maximum atomic E-state index is 13.3. The van der Waals surface area contributed by atoms with Crippen molar-refractivity contribution < 1.29 is 14.3 Å². The van der Waals surface area contributed by atoms with Crippen LogP contribution in [0.15, 0.2) is 18.2 Å². The monoisotopic (exact) mass is 265 g/mol. The number of benzene rings is 1. The Morgan fingerprint density at radius 1 is 1.53 bits per heavy atom. The zero-order chi connectivity index (χ0) is 14.2. The van der Waals surface area contributed by atoms with Crippen LogP contribution >= 0.6 is 0 Å². The van der Waals surface area contributed by atoms with Gasteiger partial charge in [-0.3, -0.25) is 9.36 Å². The van der Waals surface area contributed by atoms with Crippen LogP contribution in [0.2, 0.25) is 0 Å². The van der Waals surface area contributed by atoms with Crippen molar-refractivity contribution in [1.82, 2.24) is 9.55 Å². The molecular formula is C13H16FN3O2. The molecule has 19 heavy (non-hydrogen) atoms. The SMILES string of the molecule is CC(C)N(C)c1nc2ccc(F)cc2n1CC(=O)O.